The molecular weight excluding hydrogens is 234 g/mol. The molecule has 100 valence electrons. The Morgan fingerprint density at radius 3 is 2.65 bits per heavy atom. The minimum absolute atomic E-state index is 0.278. The summed E-state index contributed by atoms with van der Waals surface area (Å²) >= 11 is 5.95. The molecule has 1 rings (SSSR count). The van der Waals surface area contributed by atoms with Crippen LogP contribution in [0.2, 0.25) is 0 Å². The molecule has 2 nitrogen and oxygen atoms in total. The fourth-order valence-corrected chi connectivity index (χ4v) is 3.05. The van der Waals surface area contributed by atoms with E-state index in [4.69, 9.17) is 11.6 Å². The Morgan fingerprint density at radius 2 is 2.00 bits per heavy atom. The number of rotatable bonds is 7. The van der Waals surface area contributed by atoms with Crippen LogP contribution in [0.1, 0.15) is 58.8 Å². The number of amides is 1. The van der Waals surface area contributed by atoms with E-state index in [-0.39, 0.29) is 6.04 Å². The molecule has 17 heavy (non-hydrogen) atoms. The molecule has 1 aliphatic heterocycles. The normalized spacial score (nSPS) is 24.3. The summed E-state index contributed by atoms with van der Waals surface area (Å²) in [6, 6.07) is 0.278. The van der Waals surface area contributed by atoms with E-state index in [1.807, 2.05) is 4.90 Å². The van der Waals surface area contributed by atoms with Gasteiger partial charge in [-0.1, -0.05) is 39.5 Å². The second kappa shape index (κ2) is 7.97. The molecule has 1 fully saturated rings. The van der Waals surface area contributed by atoms with Crippen LogP contribution < -0.4 is 0 Å². The third-order valence-corrected chi connectivity index (χ3v) is 4.17. The van der Waals surface area contributed by atoms with Gasteiger partial charge >= 0.3 is 0 Å². The Kier molecular flexibility index (Phi) is 6.94. The first kappa shape index (κ1) is 14.8. The van der Waals surface area contributed by atoms with Crippen molar-refractivity contribution in [1.29, 1.82) is 0 Å². The van der Waals surface area contributed by atoms with Crippen LogP contribution in [-0.4, -0.2) is 29.3 Å². The van der Waals surface area contributed by atoms with Crippen molar-refractivity contribution in [3.63, 3.8) is 0 Å². The molecule has 2 atom stereocenters. The molecule has 0 aromatic rings. The van der Waals surface area contributed by atoms with Gasteiger partial charge in [0.05, 0.1) is 0 Å². The zero-order valence-corrected chi connectivity index (χ0v) is 12.0. The molecule has 1 saturated heterocycles. The van der Waals surface area contributed by atoms with Crippen LogP contribution in [-0.2, 0) is 4.79 Å². The third kappa shape index (κ3) is 4.50. The van der Waals surface area contributed by atoms with Crippen molar-refractivity contribution >= 4 is 17.5 Å². The maximum atomic E-state index is 12.1. The van der Waals surface area contributed by atoms with Crippen LogP contribution >= 0.6 is 11.6 Å². The molecule has 1 aliphatic rings. The predicted octanol–water partition coefficient (Wildman–Crippen LogP) is 3.82. The molecular formula is C14H26ClNO. The van der Waals surface area contributed by atoms with E-state index in [1.54, 1.807) is 0 Å². The first-order valence-corrected chi connectivity index (χ1v) is 7.59. The highest BCUT2D eigenvalue weighted by molar-refractivity contribution is 6.18. The Bertz CT molecular complexity index is 232. The molecule has 0 bridgehead atoms. The number of hydrogen-bond donors (Lipinski definition) is 0. The van der Waals surface area contributed by atoms with Crippen molar-refractivity contribution in [2.45, 2.75) is 64.8 Å². The lowest BCUT2D eigenvalue weighted by Gasteiger charge is -2.25. The summed E-state index contributed by atoms with van der Waals surface area (Å²) in [6.45, 7) is 5.32. The Hall–Kier alpha value is -0.240. The van der Waals surface area contributed by atoms with Gasteiger partial charge in [-0.3, -0.25) is 4.79 Å². The SMILES string of the molecule is CCCCCCCC(=O)N1CCC(C)C1CCl. The summed E-state index contributed by atoms with van der Waals surface area (Å²) in [5.74, 6) is 1.47. The van der Waals surface area contributed by atoms with E-state index in [2.05, 4.69) is 13.8 Å². The molecule has 0 saturated carbocycles. The van der Waals surface area contributed by atoms with E-state index in [1.165, 1.54) is 25.7 Å². The quantitative estimate of drug-likeness (QED) is 0.503. The van der Waals surface area contributed by atoms with E-state index < -0.39 is 0 Å². The summed E-state index contributed by atoms with van der Waals surface area (Å²) in [5.41, 5.74) is 0. The van der Waals surface area contributed by atoms with Crippen LogP contribution in [0.15, 0.2) is 0 Å². The van der Waals surface area contributed by atoms with Gasteiger partial charge in [0.1, 0.15) is 0 Å². The summed E-state index contributed by atoms with van der Waals surface area (Å²) in [4.78, 5) is 14.1. The highest BCUT2D eigenvalue weighted by atomic mass is 35.5. The van der Waals surface area contributed by atoms with Gasteiger partial charge < -0.3 is 4.90 Å². The molecule has 0 aliphatic carbocycles. The molecule has 0 aromatic carbocycles. The second-order valence-corrected chi connectivity index (χ2v) is 5.55. The molecule has 1 amide bonds. The van der Waals surface area contributed by atoms with Gasteiger partial charge in [-0.2, -0.15) is 0 Å². The van der Waals surface area contributed by atoms with Gasteiger partial charge in [-0.25, -0.2) is 0 Å². The Labute approximate surface area is 111 Å². The minimum Gasteiger partial charge on any atom is -0.338 e. The highest BCUT2D eigenvalue weighted by Gasteiger charge is 2.32. The van der Waals surface area contributed by atoms with Gasteiger partial charge in [0.15, 0.2) is 0 Å². The van der Waals surface area contributed by atoms with Crippen molar-refractivity contribution in [1.82, 2.24) is 4.90 Å². The smallest absolute Gasteiger partial charge is 0.222 e. The highest BCUT2D eigenvalue weighted by Crippen LogP contribution is 2.25. The summed E-state index contributed by atoms with van der Waals surface area (Å²) < 4.78 is 0. The topological polar surface area (TPSA) is 20.3 Å². The molecule has 0 spiro atoms. The fraction of sp³-hybridized carbons (Fsp3) is 0.929. The fourth-order valence-electron chi connectivity index (χ4n) is 2.58. The number of carbonyl (C=O) groups excluding carboxylic acids is 1. The lowest BCUT2D eigenvalue weighted by atomic mass is 10.0. The molecule has 1 heterocycles. The van der Waals surface area contributed by atoms with E-state index in [9.17, 15) is 4.79 Å². The van der Waals surface area contributed by atoms with Crippen molar-refractivity contribution in [2.24, 2.45) is 5.92 Å². The number of alkyl halides is 1. The van der Waals surface area contributed by atoms with Crippen LogP contribution in [0.25, 0.3) is 0 Å². The van der Waals surface area contributed by atoms with Crippen LogP contribution in [0.3, 0.4) is 0 Å². The van der Waals surface area contributed by atoms with Crippen molar-refractivity contribution < 1.29 is 4.79 Å². The number of nitrogens with zero attached hydrogens (tertiary/aromatic N) is 1. The van der Waals surface area contributed by atoms with Crippen LogP contribution in [0, 0.1) is 5.92 Å². The number of likely N-dealkylation sites (tertiary alicyclic amines) is 1. The molecule has 0 radical (unpaired) electrons. The first-order valence-electron chi connectivity index (χ1n) is 7.06. The summed E-state index contributed by atoms with van der Waals surface area (Å²) in [5, 5.41) is 0. The third-order valence-electron chi connectivity index (χ3n) is 3.86. The number of halogens is 1. The van der Waals surface area contributed by atoms with Crippen molar-refractivity contribution in [3.8, 4) is 0 Å². The average molecular weight is 260 g/mol. The zero-order chi connectivity index (χ0) is 12.7. The van der Waals surface area contributed by atoms with Crippen LogP contribution in [0.5, 0.6) is 0 Å². The van der Waals surface area contributed by atoms with Crippen molar-refractivity contribution in [3.05, 3.63) is 0 Å². The van der Waals surface area contributed by atoms with Crippen LogP contribution in [0.4, 0.5) is 0 Å². The zero-order valence-electron chi connectivity index (χ0n) is 11.3. The molecule has 2 unspecified atom stereocenters. The van der Waals surface area contributed by atoms with Gasteiger partial charge in [-0.05, 0) is 18.8 Å². The standard InChI is InChI=1S/C14H26ClNO/c1-3-4-5-6-7-8-14(17)16-10-9-12(2)13(16)11-15/h12-13H,3-11H2,1-2H3. The van der Waals surface area contributed by atoms with Gasteiger partial charge in [-0.15, -0.1) is 11.6 Å². The lowest BCUT2D eigenvalue weighted by Crippen LogP contribution is -2.38. The maximum absolute atomic E-state index is 12.1. The summed E-state index contributed by atoms with van der Waals surface area (Å²) in [6.07, 6.45) is 7.86. The van der Waals surface area contributed by atoms with Gasteiger partial charge in [0.2, 0.25) is 5.91 Å². The van der Waals surface area contributed by atoms with Gasteiger partial charge in [0.25, 0.3) is 0 Å². The predicted molar refractivity (Wildman–Crippen MR) is 73.4 cm³/mol. The van der Waals surface area contributed by atoms with Crippen molar-refractivity contribution in [2.75, 3.05) is 12.4 Å². The lowest BCUT2D eigenvalue weighted by molar-refractivity contribution is -0.132. The van der Waals surface area contributed by atoms with Gasteiger partial charge in [0, 0.05) is 24.9 Å². The monoisotopic (exact) mass is 259 g/mol. The minimum atomic E-state index is 0.278. The molecule has 3 heteroatoms. The Balaban J connectivity index is 2.23. The van der Waals surface area contributed by atoms with E-state index in [0.717, 1.165) is 19.4 Å². The largest absolute Gasteiger partial charge is 0.338 e. The Morgan fingerprint density at radius 1 is 1.29 bits per heavy atom. The number of carbonyl (C=O) groups is 1. The average Bonchev–Trinajstić information content (AvgIpc) is 2.70. The van der Waals surface area contributed by atoms with E-state index >= 15 is 0 Å². The first-order chi connectivity index (χ1) is 8.20. The summed E-state index contributed by atoms with van der Waals surface area (Å²) in [7, 11) is 0. The molecule has 0 N–H and O–H groups in total. The second-order valence-electron chi connectivity index (χ2n) is 5.24. The molecule has 0 aromatic heterocycles. The number of unbranched alkanes of at least 4 members (excludes halogenated alkanes) is 4. The maximum Gasteiger partial charge on any atom is 0.222 e. The van der Waals surface area contributed by atoms with E-state index in [0.29, 0.717) is 24.1 Å². The number of hydrogen-bond acceptors (Lipinski definition) is 1.